The average molecular weight is 370 g/mol. The van der Waals surface area contributed by atoms with Crippen LogP contribution in [0.2, 0.25) is 0 Å². The molecule has 2 aromatic rings. The van der Waals surface area contributed by atoms with E-state index >= 15 is 0 Å². The van der Waals surface area contributed by atoms with Crippen LogP contribution in [0.5, 0.6) is 0 Å². The Morgan fingerprint density at radius 1 is 0.769 bits per heavy atom. The van der Waals surface area contributed by atoms with Crippen LogP contribution in [0.15, 0.2) is 60.7 Å². The molecule has 2 atom stereocenters. The van der Waals surface area contributed by atoms with Crippen molar-refractivity contribution in [1.29, 1.82) is 0 Å². The summed E-state index contributed by atoms with van der Waals surface area (Å²) in [5, 5.41) is 10.0. The summed E-state index contributed by atoms with van der Waals surface area (Å²) in [7, 11) is 0. The molecule has 0 fully saturated rings. The van der Waals surface area contributed by atoms with E-state index in [0.717, 1.165) is 11.1 Å². The van der Waals surface area contributed by atoms with E-state index in [1.807, 2.05) is 36.4 Å². The number of hydrogen-bond acceptors (Lipinski definition) is 4. The van der Waals surface area contributed by atoms with E-state index in [-0.39, 0.29) is 19.8 Å². The van der Waals surface area contributed by atoms with E-state index in [2.05, 4.69) is 4.74 Å². The van der Waals surface area contributed by atoms with Gasteiger partial charge in [-0.3, -0.25) is 4.74 Å². The average Bonchev–Trinajstić information content (AvgIpc) is 2.61. The highest BCUT2D eigenvalue weighted by Crippen LogP contribution is 2.21. The van der Waals surface area contributed by atoms with Crippen molar-refractivity contribution in [2.24, 2.45) is 0 Å². The summed E-state index contributed by atoms with van der Waals surface area (Å²) in [5.74, 6) is 0. The van der Waals surface area contributed by atoms with Crippen LogP contribution in [-0.4, -0.2) is 36.9 Å². The zero-order valence-electron chi connectivity index (χ0n) is 14.1. The maximum absolute atomic E-state index is 12.6. The molecule has 0 unspecified atom stereocenters. The van der Waals surface area contributed by atoms with E-state index in [1.54, 1.807) is 24.3 Å². The van der Waals surface area contributed by atoms with Gasteiger partial charge in [0, 0.05) is 0 Å². The fraction of sp³-hybridized carbons (Fsp3) is 0.368. The Kier molecular flexibility index (Phi) is 8.06. The van der Waals surface area contributed by atoms with Gasteiger partial charge in [0.05, 0.1) is 26.4 Å². The van der Waals surface area contributed by atoms with Crippen molar-refractivity contribution in [3.63, 3.8) is 0 Å². The Labute approximate surface area is 150 Å². The van der Waals surface area contributed by atoms with Gasteiger partial charge in [-0.15, -0.1) is 13.2 Å². The third-order valence-corrected chi connectivity index (χ3v) is 3.51. The van der Waals surface area contributed by atoms with Crippen LogP contribution in [0.25, 0.3) is 0 Å². The van der Waals surface area contributed by atoms with E-state index in [1.165, 1.54) is 0 Å². The van der Waals surface area contributed by atoms with Gasteiger partial charge >= 0.3 is 6.36 Å². The molecule has 1 N–H and O–H groups in total. The van der Waals surface area contributed by atoms with Crippen LogP contribution in [0, 0.1) is 0 Å². The minimum absolute atomic E-state index is 0.121. The van der Waals surface area contributed by atoms with Crippen LogP contribution < -0.4 is 0 Å². The Bertz CT molecular complexity index is 620. The highest BCUT2D eigenvalue weighted by atomic mass is 19.4. The second-order valence-corrected chi connectivity index (χ2v) is 5.67. The molecule has 26 heavy (non-hydrogen) atoms. The van der Waals surface area contributed by atoms with Crippen molar-refractivity contribution < 1.29 is 32.5 Å². The van der Waals surface area contributed by atoms with Gasteiger partial charge in [-0.2, -0.15) is 0 Å². The van der Waals surface area contributed by atoms with Gasteiger partial charge in [0.2, 0.25) is 0 Å². The number of hydrogen-bond donors (Lipinski definition) is 1. The fourth-order valence-electron chi connectivity index (χ4n) is 2.24. The minimum atomic E-state index is -4.87. The van der Waals surface area contributed by atoms with Crippen molar-refractivity contribution in [2.75, 3.05) is 13.2 Å². The highest BCUT2D eigenvalue weighted by molar-refractivity contribution is 5.14. The summed E-state index contributed by atoms with van der Waals surface area (Å²) in [6.07, 6.45) is -7.92. The van der Waals surface area contributed by atoms with E-state index in [9.17, 15) is 18.3 Å². The maximum atomic E-state index is 12.6. The minimum Gasteiger partial charge on any atom is -0.388 e. The maximum Gasteiger partial charge on any atom is 0.522 e. The van der Waals surface area contributed by atoms with Crippen molar-refractivity contribution in [1.82, 2.24) is 0 Å². The fourth-order valence-corrected chi connectivity index (χ4v) is 2.24. The molecule has 2 aromatic carbocycles. The quantitative estimate of drug-likeness (QED) is 0.693. The number of benzene rings is 2. The van der Waals surface area contributed by atoms with E-state index < -0.39 is 25.2 Å². The highest BCUT2D eigenvalue weighted by Gasteiger charge is 2.36. The van der Waals surface area contributed by atoms with Gasteiger partial charge in [0.15, 0.2) is 0 Å². The molecule has 0 radical (unpaired) electrons. The normalized spacial score (nSPS) is 14.2. The molecule has 142 valence electrons. The monoisotopic (exact) mass is 370 g/mol. The van der Waals surface area contributed by atoms with Gasteiger partial charge < -0.3 is 14.6 Å². The number of aliphatic hydroxyl groups excluding tert-OH is 1. The molecule has 2 rings (SSSR count). The number of aliphatic hydroxyl groups is 1. The van der Waals surface area contributed by atoms with Gasteiger partial charge in [-0.1, -0.05) is 60.7 Å². The zero-order chi connectivity index (χ0) is 18.8. The summed E-state index contributed by atoms with van der Waals surface area (Å²) in [5.41, 5.74) is 1.67. The summed E-state index contributed by atoms with van der Waals surface area (Å²) in [6, 6.07) is 18.1. The molecule has 0 amide bonds. The smallest absolute Gasteiger partial charge is 0.388 e. The van der Waals surface area contributed by atoms with Gasteiger partial charge in [0.25, 0.3) is 0 Å². The van der Waals surface area contributed by atoms with Crippen LogP contribution in [0.3, 0.4) is 0 Å². The molecule has 0 aromatic heterocycles. The predicted octanol–water partition coefficient (Wildman–Crippen LogP) is 3.69. The van der Waals surface area contributed by atoms with Crippen LogP contribution in [0.4, 0.5) is 13.2 Å². The van der Waals surface area contributed by atoms with Gasteiger partial charge in [-0.25, -0.2) is 0 Å². The molecule has 7 heteroatoms. The summed E-state index contributed by atoms with van der Waals surface area (Å²) in [4.78, 5) is 0. The van der Waals surface area contributed by atoms with Gasteiger partial charge in [0.1, 0.15) is 12.2 Å². The molecular weight excluding hydrogens is 349 g/mol. The number of alkyl halides is 3. The van der Waals surface area contributed by atoms with Crippen molar-refractivity contribution in [2.45, 2.75) is 31.8 Å². The molecule has 0 spiro atoms. The van der Waals surface area contributed by atoms with Crippen LogP contribution in [0.1, 0.15) is 11.1 Å². The summed E-state index contributed by atoms with van der Waals surface area (Å²) < 4.78 is 52.3. The lowest BCUT2D eigenvalue weighted by molar-refractivity contribution is -0.356. The molecule has 0 saturated heterocycles. The molecular formula is C19H21F3O4. The molecule has 0 saturated carbocycles. The number of halogens is 3. The first kappa shape index (κ1) is 20.4. The van der Waals surface area contributed by atoms with E-state index in [0.29, 0.717) is 0 Å². The lowest BCUT2D eigenvalue weighted by Crippen LogP contribution is -2.40. The Morgan fingerprint density at radius 3 is 1.69 bits per heavy atom. The topological polar surface area (TPSA) is 47.9 Å². The third-order valence-electron chi connectivity index (χ3n) is 3.51. The molecule has 0 aliphatic heterocycles. The zero-order valence-corrected chi connectivity index (χ0v) is 14.1. The van der Waals surface area contributed by atoms with Crippen molar-refractivity contribution in [3.8, 4) is 0 Å². The third kappa shape index (κ3) is 7.97. The molecule has 0 heterocycles. The second kappa shape index (κ2) is 10.3. The first-order valence-electron chi connectivity index (χ1n) is 8.10. The second-order valence-electron chi connectivity index (χ2n) is 5.67. The van der Waals surface area contributed by atoms with E-state index in [4.69, 9.17) is 9.47 Å². The Balaban J connectivity index is 1.82. The standard InChI is InChI=1S/C19H21F3O4/c20-19(21,22)26-18(14-25-12-16-9-5-2-6-10-16)17(23)13-24-11-15-7-3-1-4-8-15/h1-10,17-18,23H,11-14H2/t17-,18-/m1/s1. The lowest BCUT2D eigenvalue weighted by Gasteiger charge is -2.24. The lowest BCUT2D eigenvalue weighted by atomic mass is 10.2. The van der Waals surface area contributed by atoms with Crippen LogP contribution in [-0.2, 0) is 27.4 Å². The Hall–Kier alpha value is -1.93. The largest absolute Gasteiger partial charge is 0.522 e. The molecule has 0 aliphatic rings. The van der Waals surface area contributed by atoms with Crippen LogP contribution >= 0.6 is 0 Å². The molecule has 4 nitrogen and oxygen atoms in total. The number of rotatable bonds is 10. The molecule has 0 bridgehead atoms. The summed E-state index contributed by atoms with van der Waals surface area (Å²) in [6.45, 7) is -0.410. The van der Waals surface area contributed by atoms with Crippen molar-refractivity contribution >= 4 is 0 Å². The SMILES string of the molecule is O[C@H](COCc1ccccc1)[C@@H](COCc1ccccc1)OC(F)(F)F. The summed E-state index contributed by atoms with van der Waals surface area (Å²) >= 11 is 0. The van der Waals surface area contributed by atoms with Gasteiger partial charge in [-0.05, 0) is 11.1 Å². The first-order valence-corrected chi connectivity index (χ1v) is 8.10. The molecule has 0 aliphatic carbocycles. The Morgan fingerprint density at radius 2 is 1.23 bits per heavy atom. The van der Waals surface area contributed by atoms with Crippen molar-refractivity contribution in [3.05, 3.63) is 71.8 Å². The first-order chi connectivity index (χ1) is 12.4. The number of ether oxygens (including phenoxy) is 3. The predicted molar refractivity (Wildman–Crippen MR) is 89.1 cm³/mol.